The molecule has 0 radical (unpaired) electrons. The van der Waals surface area contributed by atoms with Gasteiger partial charge < -0.3 is 4.84 Å². The molecular formula is C12H18ClNO. The Morgan fingerprint density at radius 2 is 1.67 bits per heavy atom. The van der Waals surface area contributed by atoms with Crippen molar-refractivity contribution in [2.24, 2.45) is 5.90 Å². The second kappa shape index (κ2) is 7.69. The summed E-state index contributed by atoms with van der Waals surface area (Å²) in [6.07, 6.45) is 5.81. The summed E-state index contributed by atoms with van der Waals surface area (Å²) in [5.74, 6) is 4.94. The molecule has 1 aromatic carbocycles. The molecule has 0 unspecified atom stereocenters. The number of aryl methyl sites for hydroxylation is 1. The van der Waals surface area contributed by atoms with E-state index in [-0.39, 0.29) is 0 Å². The molecule has 15 heavy (non-hydrogen) atoms. The molecule has 0 saturated heterocycles. The highest BCUT2D eigenvalue weighted by atomic mass is 35.5. The van der Waals surface area contributed by atoms with Crippen molar-refractivity contribution in [3.05, 3.63) is 34.9 Å². The van der Waals surface area contributed by atoms with E-state index in [0.717, 1.165) is 17.9 Å². The molecule has 0 amide bonds. The van der Waals surface area contributed by atoms with E-state index < -0.39 is 0 Å². The normalized spacial score (nSPS) is 10.5. The highest BCUT2D eigenvalue weighted by Gasteiger charge is 1.94. The molecule has 0 aliphatic rings. The molecule has 0 saturated carbocycles. The van der Waals surface area contributed by atoms with Gasteiger partial charge in [-0.3, -0.25) is 0 Å². The van der Waals surface area contributed by atoms with Gasteiger partial charge in [-0.1, -0.05) is 36.6 Å². The van der Waals surface area contributed by atoms with E-state index in [1.807, 2.05) is 12.1 Å². The molecule has 0 aliphatic heterocycles. The number of benzene rings is 1. The molecule has 2 N–H and O–H groups in total. The molecule has 0 spiro atoms. The van der Waals surface area contributed by atoms with E-state index >= 15 is 0 Å². The van der Waals surface area contributed by atoms with Crippen LogP contribution in [0.4, 0.5) is 0 Å². The third-order valence-corrected chi connectivity index (χ3v) is 2.64. The predicted molar refractivity (Wildman–Crippen MR) is 63.8 cm³/mol. The van der Waals surface area contributed by atoms with Gasteiger partial charge in [-0.05, 0) is 37.0 Å². The maximum atomic E-state index is 5.80. The van der Waals surface area contributed by atoms with Crippen molar-refractivity contribution in [2.75, 3.05) is 6.61 Å². The zero-order chi connectivity index (χ0) is 10.9. The lowest BCUT2D eigenvalue weighted by molar-refractivity contribution is 0.133. The van der Waals surface area contributed by atoms with E-state index in [1.54, 1.807) is 0 Å². The maximum Gasteiger partial charge on any atom is 0.0679 e. The second-order valence-corrected chi connectivity index (χ2v) is 4.10. The number of nitrogens with two attached hydrogens (primary N) is 1. The van der Waals surface area contributed by atoms with Crippen molar-refractivity contribution in [1.82, 2.24) is 0 Å². The van der Waals surface area contributed by atoms with Crippen LogP contribution in [0.3, 0.4) is 0 Å². The molecule has 2 nitrogen and oxygen atoms in total. The third kappa shape index (κ3) is 5.78. The van der Waals surface area contributed by atoms with Crippen LogP contribution in [-0.4, -0.2) is 6.61 Å². The Morgan fingerprint density at radius 1 is 1.00 bits per heavy atom. The van der Waals surface area contributed by atoms with Crippen molar-refractivity contribution in [2.45, 2.75) is 32.1 Å². The lowest BCUT2D eigenvalue weighted by Crippen LogP contribution is -2.00. The summed E-state index contributed by atoms with van der Waals surface area (Å²) in [6.45, 7) is 0.668. The minimum Gasteiger partial charge on any atom is -0.305 e. The van der Waals surface area contributed by atoms with Crippen LogP contribution in [0.15, 0.2) is 24.3 Å². The zero-order valence-electron chi connectivity index (χ0n) is 8.92. The average Bonchev–Trinajstić information content (AvgIpc) is 2.26. The van der Waals surface area contributed by atoms with Crippen LogP contribution >= 0.6 is 11.6 Å². The van der Waals surface area contributed by atoms with Crippen LogP contribution in [0.2, 0.25) is 5.02 Å². The van der Waals surface area contributed by atoms with Crippen LogP contribution in [-0.2, 0) is 11.3 Å². The first-order chi connectivity index (χ1) is 7.33. The van der Waals surface area contributed by atoms with Crippen LogP contribution in [0.5, 0.6) is 0 Å². The van der Waals surface area contributed by atoms with E-state index in [9.17, 15) is 0 Å². The van der Waals surface area contributed by atoms with E-state index in [1.165, 1.54) is 24.8 Å². The number of halogens is 1. The Hall–Kier alpha value is -0.570. The van der Waals surface area contributed by atoms with E-state index in [2.05, 4.69) is 17.0 Å². The summed E-state index contributed by atoms with van der Waals surface area (Å²) in [4.78, 5) is 4.51. The maximum absolute atomic E-state index is 5.80. The summed E-state index contributed by atoms with van der Waals surface area (Å²) in [7, 11) is 0. The smallest absolute Gasteiger partial charge is 0.0679 e. The highest BCUT2D eigenvalue weighted by Crippen LogP contribution is 2.12. The minimum atomic E-state index is 0.668. The Bertz CT molecular complexity index is 261. The Kier molecular flexibility index (Phi) is 6.41. The molecule has 0 aromatic heterocycles. The number of hydrogen-bond acceptors (Lipinski definition) is 2. The molecular weight excluding hydrogens is 210 g/mol. The van der Waals surface area contributed by atoms with E-state index in [4.69, 9.17) is 17.5 Å². The van der Waals surface area contributed by atoms with Gasteiger partial charge in [-0.25, -0.2) is 5.90 Å². The lowest BCUT2D eigenvalue weighted by Gasteiger charge is -2.02. The van der Waals surface area contributed by atoms with Crippen LogP contribution in [0, 0.1) is 0 Å². The first kappa shape index (κ1) is 12.5. The Balaban J connectivity index is 2.07. The van der Waals surface area contributed by atoms with Gasteiger partial charge in [0.05, 0.1) is 6.61 Å². The second-order valence-electron chi connectivity index (χ2n) is 3.66. The first-order valence-corrected chi connectivity index (χ1v) is 5.77. The first-order valence-electron chi connectivity index (χ1n) is 5.39. The molecule has 0 heterocycles. The number of unbranched alkanes of at least 4 members (excludes halogenated alkanes) is 3. The summed E-state index contributed by atoms with van der Waals surface area (Å²) < 4.78 is 0. The number of rotatable bonds is 7. The fourth-order valence-corrected chi connectivity index (χ4v) is 1.65. The highest BCUT2D eigenvalue weighted by molar-refractivity contribution is 6.30. The van der Waals surface area contributed by atoms with Gasteiger partial charge in [0, 0.05) is 5.02 Å². The van der Waals surface area contributed by atoms with Crippen LogP contribution in [0.1, 0.15) is 31.2 Å². The third-order valence-electron chi connectivity index (χ3n) is 2.39. The van der Waals surface area contributed by atoms with Crippen molar-refractivity contribution in [3.8, 4) is 0 Å². The fourth-order valence-electron chi connectivity index (χ4n) is 1.52. The minimum absolute atomic E-state index is 0.668. The van der Waals surface area contributed by atoms with Gasteiger partial charge >= 0.3 is 0 Å². The summed E-state index contributed by atoms with van der Waals surface area (Å²) in [5, 5.41) is 0.804. The summed E-state index contributed by atoms with van der Waals surface area (Å²) in [6, 6.07) is 8.06. The summed E-state index contributed by atoms with van der Waals surface area (Å²) >= 11 is 5.80. The SMILES string of the molecule is NOCCCCCCc1ccc(Cl)cc1. The standard InChI is InChI=1S/C12H18ClNO/c13-12-8-6-11(7-9-12)5-3-1-2-4-10-15-14/h6-9H,1-5,10,14H2. The molecule has 0 aliphatic carbocycles. The van der Waals surface area contributed by atoms with Crippen molar-refractivity contribution >= 4 is 11.6 Å². The van der Waals surface area contributed by atoms with Crippen LogP contribution in [0.25, 0.3) is 0 Å². The average molecular weight is 228 g/mol. The Labute approximate surface area is 96.3 Å². The number of hydrogen-bond donors (Lipinski definition) is 1. The monoisotopic (exact) mass is 227 g/mol. The predicted octanol–water partition coefficient (Wildman–Crippen LogP) is 3.33. The fraction of sp³-hybridized carbons (Fsp3) is 0.500. The molecule has 0 atom stereocenters. The molecule has 1 rings (SSSR count). The van der Waals surface area contributed by atoms with Crippen molar-refractivity contribution in [3.63, 3.8) is 0 Å². The van der Waals surface area contributed by atoms with Gasteiger partial charge in [0.2, 0.25) is 0 Å². The van der Waals surface area contributed by atoms with Gasteiger partial charge in [-0.2, -0.15) is 0 Å². The lowest BCUT2D eigenvalue weighted by atomic mass is 10.1. The summed E-state index contributed by atoms with van der Waals surface area (Å²) in [5.41, 5.74) is 1.36. The van der Waals surface area contributed by atoms with Crippen molar-refractivity contribution in [1.29, 1.82) is 0 Å². The Morgan fingerprint density at radius 3 is 2.33 bits per heavy atom. The molecule has 0 fully saturated rings. The van der Waals surface area contributed by atoms with Crippen molar-refractivity contribution < 1.29 is 4.84 Å². The van der Waals surface area contributed by atoms with Crippen LogP contribution < -0.4 is 5.90 Å². The van der Waals surface area contributed by atoms with Gasteiger partial charge in [-0.15, -0.1) is 0 Å². The topological polar surface area (TPSA) is 35.2 Å². The molecule has 84 valence electrons. The largest absolute Gasteiger partial charge is 0.305 e. The molecule has 3 heteroatoms. The van der Waals surface area contributed by atoms with E-state index in [0.29, 0.717) is 6.61 Å². The van der Waals surface area contributed by atoms with Gasteiger partial charge in [0.15, 0.2) is 0 Å². The molecule has 1 aromatic rings. The molecule has 0 bridgehead atoms. The van der Waals surface area contributed by atoms with Gasteiger partial charge in [0.25, 0.3) is 0 Å². The van der Waals surface area contributed by atoms with Gasteiger partial charge in [0.1, 0.15) is 0 Å². The quantitative estimate of drug-likeness (QED) is 0.573. The zero-order valence-corrected chi connectivity index (χ0v) is 9.67.